The van der Waals surface area contributed by atoms with E-state index in [1.807, 2.05) is 30.3 Å². The lowest BCUT2D eigenvalue weighted by Crippen LogP contribution is -2.53. The van der Waals surface area contributed by atoms with Crippen LogP contribution in [0, 0.1) is 0 Å². The zero-order valence-electron chi connectivity index (χ0n) is 22.4. The van der Waals surface area contributed by atoms with E-state index in [2.05, 4.69) is 10.2 Å². The Morgan fingerprint density at radius 2 is 1.63 bits per heavy atom. The lowest BCUT2D eigenvalue weighted by Gasteiger charge is -2.47. The van der Waals surface area contributed by atoms with Crippen LogP contribution in [0.25, 0.3) is 0 Å². The highest BCUT2D eigenvalue weighted by Gasteiger charge is 2.48. The molecule has 0 radical (unpaired) electrons. The minimum absolute atomic E-state index is 0.174. The molecule has 0 unspecified atom stereocenters. The van der Waals surface area contributed by atoms with Crippen molar-refractivity contribution in [3.63, 3.8) is 0 Å². The molecule has 2 atom stereocenters. The molecule has 3 aromatic rings. The van der Waals surface area contributed by atoms with E-state index in [4.69, 9.17) is 28.0 Å². The van der Waals surface area contributed by atoms with Gasteiger partial charge in [-0.15, -0.1) is 0 Å². The zero-order chi connectivity index (χ0) is 29.1. The van der Waals surface area contributed by atoms with Crippen molar-refractivity contribution in [2.75, 3.05) is 6.26 Å². The first-order valence-corrected chi connectivity index (χ1v) is 16.1. The van der Waals surface area contributed by atoms with Gasteiger partial charge >= 0.3 is 0 Å². The summed E-state index contributed by atoms with van der Waals surface area (Å²) in [6.45, 7) is 0.174. The number of hydrogen-bond donors (Lipinski definition) is 2. The van der Waals surface area contributed by atoms with E-state index in [-0.39, 0.29) is 24.6 Å². The molecule has 5 rings (SSSR count). The van der Waals surface area contributed by atoms with Crippen LogP contribution in [-0.4, -0.2) is 43.5 Å². The average molecular weight is 617 g/mol. The smallest absolute Gasteiger partial charge is 0.254 e. The van der Waals surface area contributed by atoms with Gasteiger partial charge in [-0.3, -0.25) is 14.4 Å². The summed E-state index contributed by atoms with van der Waals surface area (Å²) in [5.74, 6) is -1.44. The summed E-state index contributed by atoms with van der Waals surface area (Å²) >= 11 is 13.0. The molecule has 0 saturated heterocycles. The molecule has 1 heterocycles. The lowest BCUT2D eigenvalue weighted by atomic mass is 9.77. The van der Waals surface area contributed by atoms with Crippen molar-refractivity contribution in [2.24, 2.45) is 0 Å². The molecule has 8 nitrogen and oxygen atoms in total. The monoisotopic (exact) mass is 615 g/mol. The summed E-state index contributed by atoms with van der Waals surface area (Å²) in [5.41, 5.74) is 5.13. The van der Waals surface area contributed by atoms with Crippen LogP contribution in [-0.2, 0) is 26.3 Å². The van der Waals surface area contributed by atoms with Gasteiger partial charge in [0.1, 0.15) is 0 Å². The molecule has 2 N–H and O–H groups in total. The molecule has 1 aliphatic carbocycles. The number of amides is 2. The van der Waals surface area contributed by atoms with Gasteiger partial charge < -0.3 is 4.90 Å². The van der Waals surface area contributed by atoms with Crippen molar-refractivity contribution >= 4 is 45.0 Å². The minimum Gasteiger partial charge on any atom is -0.327 e. The molecule has 1 saturated carbocycles. The Morgan fingerprint density at radius 1 is 0.951 bits per heavy atom. The van der Waals surface area contributed by atoms with Gasteiger partial charge in [-0.2, -0.15) is 0 Å². The number of fused-ring (bicyclic) bond motifs is 1. The summed E-state index contributed by atoms with van der Waals surface area (Å²) < 4.78 is 26.3. The fraction of sp³-hybridized carbons (Fsp3) is 0.333. The van der Waals surface area contributed by atoms with Gasteiger partial charge in [-0.05, 0) is 60.6 Å². The molecule has 0 aromatic heterocycles. The molecule has 3 aromatic carbocycles. The van der Waals surface area contributed by atoms with E-state index in [0.29, 0.717) is 52.4 Å². The number of halogens is 2. The molecule has 2 aliphatic rings. The highest BCUT2D eigenvalue weighted by Crippen LogP contribution is 2.47. The Labute approximate surface area is 250 Å². The van der Waals surface area contributed by atoms with Gasteiger partial charge in [0.2, 0.25) is 10.0 Å². The van der Waals surface area contributed by atoms with Crippen LogP contribution < -0.4 is 10.2 Å². The maximum Gasteiger partial charge on any atom is 0.254 e. The average Bonchev–Trinajstić information content (AvgIpc) is 2.93. The van der Waals surface area contributed by atoms with Crippen molar-refractivity contribution in [3.05, 3.63) is 105 Å². The Kier molecular flexibility index (Phi) is 9.01. The number of hydrogen-bond acceptors (Lipinski definition) is 5. The van der Waals surface area contributed by atoms with E-state index in [9.17, 15) is 18.0 Å². The van der Waals surface area contributed by atoms with Gasteiger partial charge in [-0.25, -0.2) is 18.6 Å². The fourth-order valence-corrected chi connectivity index (χ4v) is 7.27. The Bertz CT molecular complexity index is 1530. The molecule has 216 valence electrons. The number of nitrogens with one attached hydrogen (secondary N) is 2. The quantitative estimate of drug-likeness (QED) is 0.331. The van der Waals surface area contributed by atoms with E-state index >= 15 is 0 Å². The normalized spacial score (nSPS) is 22.7. The largest absolute Gasteiger partial charge is 0.327 e. The second-order valence-corrected chi connectivity index (χ2v) is 13.1. The van der Waals surface area contributed by atoms with Crippen LogP contribution in [0.1, 0.15) is 64.7 Å². The van der Waals surface area contributed by atoms with Crippen LogP contribution in [0.15, 0.2) is 72.8 Å². The number of carbonyl (C=O) groups is 2. The summed E-state index contributed by atoms with van der Waals surface area (Å²) in [7, 11) is -3.36. The van der Waals surface area contributed by atoms with Crippen molar-refractivity contribution in [3.8, 4) is 0 Å². The number of rotatable bonds is 8. The van der Waals surface area contributed by atoms with E-state index < -0.39 is 27.9 Å². The summed E-state index contributed by atoms with van der Waals surface area (Å²) in [5, 5.41) is 0.780. The predicted molar refractivity (Wildman–Crippen MR) is 158 cm³/mol. The van der Waals surface area contributed by atoms with E-state index in [0.717, 1.165) is 11.8 Å². The standard InChI is InChI=1S/C30H31Cl2N3O5S/c1-41(38,39)34-21-12-14-22(15-13-21)35-28(25-16-11-20(31)17-26(25)32)27(23-9-5-6-10-24(23)30(35)37)29(36)33-40-18-19-7-3-2-4-8-19/h2-11,16-17,21-22,27-28,34H,12-15,18H2,1H3,(H,33,36)/t21?,22?,27-,28+/m1/s1. The van der Waals surface area contributed by atoms with Crippen molar-refractivity contribution in [2.45, 2.75) is 56.3 Å². The second kappa shape index (κ2) is 12.5. The topological polar surface area (TPSA) is 105 Å². The predicted octanol–water partition coefficient (Wildman–Crippen LogP) is 5.38. The van der Waals surface area contributed by atoms with Gasteiger partial charge in [-0.1, -0.05) is 77.8 Å². The van der Waals surface area contributed by atoms with Gasteiger partial charge in [0.25, 0.3) is 11.8 Å². The van der Waals surface area contributed by atoms with Crippen molar-refractivity contribution in [1.82, 2.24) is 15.1 Å². The van der Waals surface area contributed by atoms with Crippen LogP contribution in [0.2, 0.25) is 10.0 Å². The number of sulfonamides is 1. The van der Waals surface area contributed by atoms with Crippen LogP contribution >= 0.6 is 23.2 Å². The van der Waals surface area contributed by atoms with Gasteiger partial charge in [0.15, 0.2) is 0 Å². The lowest BCUT2D eigenvalue weighted by molar-refractivity contribution is -0.138. The SMILES string of the molecule is CS(=O)(=O)NC1CCC(N2C(=O)c3ccccc3[C@@H](C(=O)NOCc3ccccc3)[C@@H]2c2ccc(Cl)cc2Cl)CC1. The fourth-order valence-electron chi connectivity index (χ4n) is 5.91. The number of nitrogens with zero attached hydrogens (tertiary/aromatic N) is 1. The third kappa shape index (κ3) is 6.76. The molecule has 11 heteroatoms. The van der Waals surface area contributed by atoms with Gasteiger partial charge in [0.05, 0.1) is 24.8 Å². The minimum atomic E-state index is -3.36. The van der Waals surface area contributed by atoms with Crippen molar-refractivity contribution in [1.29, 1.82) is 0 Å². The van der Waals surface area contributed by atoms with Crippen molar-refractivity contribution < 1.29 is 22.8 Å². The Hall–Kier alpha value is -2.95. The molecule has 2 amide bonds. The zero-order valence-corrected chi connectivity index (χ0v) is 24.8. The van der Waals surface area contributed by atoms with Crippen LogP contribution in [0.3, 0.4) is 0 Å². The first-order valence-electron chi connectivity index (χ1n) is 13.4. The molecular weight excluding hydrogens is 585 g/mol. The van der Waals surface area contributed by atoms with E-state index in [1.54, 1.807) is 47.4 Å². The maximum absolute atomic E-state index is 14.1. The third-order valence-electron chi connectivity index (χ3n) is 7.67. The molecule has 41 heavy (non-hydrogen) atoms. The van der Waals surface area contributed by atoms with Crippen LogP contribution in [0.5, 0.6) is 0 Å². The first-order chi connectivity index (χ1) is 19.6. The summed E-state index contributed by atoms with van der Waals surface area (Å²) in [6.07, 6.45) is 3.37. The third-order valence-corrected chi connectivity index (χ3v) is 8.99. The maximum atomic E-state index is 14.1. The van der Waals surface area contributed by atoms with Gasteiger partial charge in [0, 0.05) is 27.7 Å². The molecular formula is C30H31Cl2N3O5S. The molecule has 0 bridgehead atoms. The highest BCUT2D eigenvalue weighted by atomic mass is 35.5. The molecule has 1 fully saturated rings. The summed E-state index contributed by atoms with van der Waals surface area (Å²) in [4.78, 5) is 35.5. The summed E-state index contributed by atoms with van der Waals surface area (Å²) in [6, 6.07) is 20.4. The van der Waals surface area contributed by atoms with E-state index in [1.165, 1.54) is 0 Å². The van der Waals surface area contributed by atoms with Crippen LogP contribution in [0.4, 0.5) is 0 Å². The first kappa shape index (κ1) is 29.5. The number of benzene rings is 3. The second-order valence-electron chi connectivity index (χ2n) is 10.5. The molecule has 0 spiro atoms. The number of hydroxylamine groups is 1. The Balaban J connectivity index is 1.51. The molecule has 1 aliphatic heterocycles. The number of carbonyl (C=O) groups excluding carboxylic acids is 2. The highest BCUT2D eigenvalue weighted by molar-refractivity contribution is 7.88. The Morgan fingerprint density at radius 3 is 2.32 bits per heavy atom.